The van der Waals surface area contributed by atoms with Gasteiger partial charge < -0.3 is 24.4 Å². The lowest BCUT2D eigenvalue weighted by Crippen LogP contribution is -2.74. The number of ether oxygens (including phenoxy) is 3. The molecule has 1 unspecified atom stereocenters. The van der Waals surface area contributed by atoms with Crippen molar-refractivity contribution >= 4 is 29.1 Å². The van der Waals surface area contributed by atoms with Gasteiger partial charge in [-0.05, 0) is 31.5 Å². The van der Waals surface area contributed by atoms with Crippen LogP contribution in [0.2, 0.25) is 5.02 Å². The molecule has 0 radical (unpaired) electrons. The first-order chi connectivity index (χ1) is 24.8. The van der Waals surface area contributed by atoms with Crippen LogP contribution < -0.4 is 19.5 Å². The Balaban J connectivity index is 1.83. The van der Waals surface area contributed by atoms with Crippen LogP contribution in [0, 0.1) is 0 Å². The van der Waals surface area contributed by atoms with Gasteiger partial charge in [-0.1, -0.05) is 11.6 Å². The van der Waals surface area contributed by atoms with Gasteiger partial charge in [-0.2, -0.15) is 74.6 Å². The number of carbonyl (C=O) groups is 2. The fraction of sp³-hybridized carbons (Fsp3) is 0.533. The fourth-order valence-corrected chi connectivity index (χ4v) is 5.10. The number of nitrogens with one attached hydrogen (secondary N) is 1. The van der Waals surface area contributed by atoms with Crippen LogP contribution in [-0.4, -0.2) is 91.2 Å². The van der Waals surface area contributed by atoms with Crippen molar-refractivity contribution in [1.82, 2.24) is 4.90 Å². The molecule has 0 aromatic heterocycles. The average molecular weight is 851 g/mol. The molecule has 0 saturated heterocycles. The highest BCUT2D eigenvalue weighted by atomic mass is 35.5. The molecule has 3 rings (SSSR count). The third-order valence-electron chi connectivity index (χ3n) is 8.18. The Morgan fingerprint density at radius 2 is 1.18 bits per heavy atom. The molecule has 25 heteroatoms. The van der Waals surface area contributed by atoms with Gasteiger partial charge >= 0.3 is 47.6 Å². The summed E-state index contributed by atoms with van der Waals surface area (Å²) in [6.45, 7) is -0.281. The highest BCUT2D eigenvalue weighted by Crippen LogP contribution is 2.64. The molecule has 0 fully saturated rings. The molecular formula is C30H24ClF17N2O5. The predicted molar refractivity (Wildman–Crippen MR) is 154 cm³/mol. The molecule has 2 aromatic rings. The zero-order chi connectivity index (χ0) is 42.5. The van der Waals surface area contributed by atoms with Crippen LogP contribution >= 0.6 is 11.6 Å². The minimum absolute atomic E-state index is 0.0124. The Morgan fingerprint density at radius 1 is 0.709 bits per heavy atom. The van der Waals surface area contributed by atoms with E-state index in [1.807, 2.05) is 0 Å². The summed E-state index contributed by atoms with van der Waals surface area (Å²) >= 11 is 6.00. The summed E-state index contributed by atoms with van der Waals surface area (Å²) in [7, 11) is 2.14. The fourth-order valence-electron chi connectivity index (χ4n) is 4.93. The Labute approximate surface area is 302 Å². The number of methoxy groups -OCH3 is 2. The summed E-state index contributed by atoms with van der Waals surface area (Å²) in [5.41, 5.74) is 0.157. The molecule has 55 heavy (non-hydrogen) atoms. The van der Waals surface area contributed by atoms with E-state index < -0.39 is 97.2 Å². The van der Waals surface area contributed by atoms with E-state index in [1.54, 1.807) is 0 Å². The SMILES string of the molecule is COc1cc(OCCCC(F)(F)C(F)(F)C(F)(F)C(F)(F)C(F)(F)C(F)(F)C(F)(F)C(F)(F)F)cc(OC)c1CN1C(=O)c2cc(Cl)ccc2NC(=O)C1C. The maximum absolute atomic E-state index is 14.3. The van der Waals surface area contributed by atoms with Crippen molar-refractivity contribution in [2.75, 3.05) is 26.1 Å². The Bertz CT molecular complexity index is 1750. The molecule has 0 spiro atoms. The Morgan fingerprint density at radius 3 is 1.65 bits per heavy atom. The molecule has 1 N–H and O–H groups in total. The minimum Gasteiger partial charge on any atom is -0.496 e. The predicted octanol–water partition coefficient (Wildman–Crippen LogP) is 9.51. The normalized spacial score (nSPS) is 16.7. The van der Waals surface area contributed by atoms with Crippen LogP contribution in [0.5, 0.6) is 17.2 Å². The van der Waals surface area contributed by atoms with Gasteiger partial charge in [0.05, 0.1) is 44.2 Å². The van der Waals surface area contributed by atoms with Gasteiger partial charge in [0, 0.05) is 23.6 Å². The number of alkyl halides is 17. The van der Waals surface area contributed by atoms with Gasteiger partial charge in [-0.25, -0.2) is 0 Å². The number of nitrogens with zero attached hydrogens (tertiary/aromatic N) is 1. The molecule has 0 aliphatic carbocycles. The summed E-state index contributed by atoms with van der Waals surface area (Å²) in [6.07, 6.45) is -12.1. The second kappa shape index (κ2) is 14.8. The number of hydrogen-bond acceptors (Lipinski definition) is 5. The van der Waals surface area contributed by atoms with E-state index in [9.17, 15) is 84.2 Å². The largest absolute Gasteiger partial charge is 0.496 e. The lowest BCUT2D eigenvalue weighted by molar-refractivity contribution is -0.461. The number of benzene rings is 2. The van der Waals surface area contributed by atoms with E-state index in [0.29, 0.717) is 0 Å². The molecule has 1 aliphatic heterocycles. The van der Waals surface area contributed by atoms with Crippen molar-refractivity contribution in [1.29, 1.82) is 0 Å². The van der Waals surface area contributed by atoms with E-state index in [-0.39, 0.29) is 33.3 Å². The number of rotatable bonds is 15. The third-order valence-corrected chi connectivity index (χ3v) is 8.41. The highest BCUT2D eigenvalue weighted by molar-refractivity contribution is 6.31. The topological polar surface area (TPSA) is 77.1 Å². The summed E-state index contributed by atoms with van der Waals surface area (Å²) in [4.78, 5) is 27.3. The maximum Gasteiger partial charge on any atom is 0.460 e. The first-order valence-electron chi connectivity index (χ1n) is 14.8. The first kappa shape index (κ1) is 45.3. The van der Waals surface area contributed by atoms with Crippen LogP contribution in [0.1, 0.15) is 35.7 Å². The smallest absolute Gasteiger partial charge is 0.460 e. The van der Waals surface area contributed by atoms with E-state index in [0.717, 1.165) is 31.3 Å². The van der Waals surface area contributed by atoms with E-state index in [1.165, 1.54) is 25.1 Å². The van der Waals surface area contributed by atoms with Gasteiger partial charge in [0.1, 0.15) is 23.3 Å². The van der Waals surface area contributed by atoms with Crippen molar-refractivity contribution in [3.05, 3.63) is 46.5 Å². The minimum atomic E-state index is -8.71. The zero-order valence-electron chi connectivity index (χ0n) is 27.6. The Hall–Kier alpha value is -4.12. The van der Waals surface area contributed by atoms with Crippen molar-refractivity contribution in [2.24, 2.45) is 0 Å². The number of amides is 2. The quantitative estimate of drug-likeness (QED) is 0.143. The molecule has 1 atom stereocenters. The lowest BCUT2D eigenvalue weighted by Gasteiger charge is -2.42. The maximum atomic E-state index is 14.3. The van der Waals surface area contributed by atoms with Gasteiger partial charge in [0.25, 0.3) is 5.91 Å². The first-order valence-corrected chi connectivity index (χ1v) is 15.2. The van der Waals surface area contributed by atoms with Crippen LogP contribution in [0.3, 0.4) is 0 Å². The van der Waals surface area contributed by atoms with E-state index >= 15 is 0 Å². The van der Waals surface area contributed by atoms with E-state index in [2.05, 4.69) is 5.32 Å². The van der Waals surface area contributed by atoms with Crippen molar-refractivity contribution in [2.45, 2.75) is 80.0 Å². The number of halogens is 18. The second-order valence-corrected chi connectivity index (χ2v) is 12.1. The van der Waals surface area contributed by atoms with Crippen LogP contribution in [0.25, 0.3) is 0 Å². The summed E-state index contributed by atoms with van der Waals surface area (Å²) in [6, 6.07) is 4.88. The third kappa shape index (κ3) is 7.45. The molecule has 310 valence electrons. The standard InChI is InChI=1S/C30H24ClF17N2O5/c1-13-21(51)49-18-6-5-14(31)9-16(18)22(52)50(13)12-17-19(53-2)10-15(11-20(17)54-3)55-8-4-7-23(32,33)24(34,35)25(36,37)26(38,39)27(40,41)28(42,43)29(44,45)30(46,47)48/h5-6,9-11,13H,4,7-8,12H2,1-3H3,(H,49,51). The molecule has 7 nitrogen and oxygen atoms in total. The van der Waals surface area contributed by atoms with Crippen molar-refractivity contribution in [3.8, 4) is 17.2 Å². The number of hydrogen-bond donors (Lipinski definition) is 1. The molecule has 1 heterocycles. The molecule has 0 bridgehead atoms. The van der Waals surface area contributed by atoms with Gasteiger partial charge in [-0.15, -0.1) is 0 Å². The molecular weight excluding hydrogens is 827 g/mol. The summed E-state index contributed by atoms with van der Waals surface area (Å²) in [5, 5.41) is 2.69. The Kier molecular flexibility index (Phi) is 12.1. The second-order valence-electron chi connectivity index (χ2n) is 11.7. The zero-order valence-corrected chi connectivity index (χ0v) is 28.3. The summed E-state index contributed by atoms with van der Waals surface area (Å²) in [5.74, 6) is -59.1. The molecule has 2 amide bonds. The van der Waals surface area contributed by atoms with Gasteiger partial charge in [0.2, 0.25) is 5.91 Å². The average Bonchev–Trinajstić information content (AvgIpc) is 3.15. The molecule has 0 saturated carbocycles. The van der Waals surface area contributed by atoms with Crippen molar-refractivity contribution in [3.63, 3.8) is 0 Å². The summed E-state index contributed by atoms with van der Waals surface area (Å²) < 4.78 is 246. The highest BCUT2D eigenvalue weighted by Gasteiger charge is 2.95. The van der Waals surface area contributed by atoms with Gasteiger partial charge in [0.15, 0.2) is 0 Å². The number of fused-ring (bicyclic) bond motifs is 1. The lowest BCUT2D eigenvalue weighted by atomic mass is 9.88. The van der Waals surface area contributed by atoms with Crippen LogP contribution in [0.15, 0.2) is 30.3 Å². The number of anilines is 1. The van der Waals surface area contributed by atoms with Crippen LogP contribution in [0.4, 0.5) is 80.3 Å². The van der Waals surface area contributed by atoms with Gasteiger partial charge in [-0.3, -0.25) is 9.59 Å². The number of carbonyl (C=O) groups excluding carboxylic acids is 2. The molecule has 1 aliphatic rings. The monoisotopic (exact) mass is 850 g/mol. The van der Waals surface area contributed by atoms with E-state index in [4.69, 9.17) is 25.8 Å². The molecule has 2 aromatic carbocycles. The van der Waals surface area contributed by atoms with Crippen molar-refractivity contribution < 1.29 is 98.4 Å². The van der Waals surface area contributed by atoms with Crippen LogP contribution in [-0.2, 0) is 11.3 Å².